The number of nitrogens with zero attached hydrogens (tertiary/aromatic N) is 1. The minimum atomic E-state index is 0.705. The number of rotatable bonds is 6. The van der Waals surface area contributed by atoms with Gasteiger partial charge in [0.2, 0.25) is 0 Å². The largest absolute Gasteiger partial charge is 0.441 e. The molecular formula is C17H20N2O2. The van der Waals surface area contributed by atoms with Gasteiger partial charge in [0.15, 0.2) is 11.7 Å². The summed E-state index contributed by atoms with van der Waals surface area (Å²) in [5.74, 6) is 1.69. The van der Waals surface area contributed by atoms with Crippen molar-refractivity contribution < 1.29 is 9.15 Å². The molecule has 1 fully saturated rings. The third-order valence-electron chi connectivity index (χ3n) is 4.14. The Morgan fingerprint density at radius 3 is 3.00 bits per heavy atom. The number of hydrogen-bond donors (Lipinski definition) is 1. The molecule has 2 aromatic rings. The highest BCUT2D eigenvalue weighted by molar-refractivity contribution is 5.59. The van der Waals surface area contributed by atoms with E-state index in [0.717, 1.165) is 49.2 Å². The smallest absolute Gasteiger partial charge is 0.194 e. The second-order valence-corrected chi connectivity index (χ2v) is 5.93. The van der Waals surface area contributed by atoms with Crippen molar-refractivity contribution in [3.8, 4) is 11.3 Å². The average Bonchev–Trinajstić information content (AvgIpc) is 3.02. The molecule has 0 unspecified atom stereocenters. The molecule has 2 heterocycles. The molecule has 2 aliphatic rings. The number of ether oxygens (including phenoxy) is 1. The van der Waals surface area contributed by atoms with Gasteiger partial charge in [-0.2, -0.15) is 0 Å². The highest BCUT2D eigenvalue weighted by atomic mass is 16.5. The maximum Gasteiger partial charge on any atom is 0.194 e. The summed E-state index contributed by atoms with van der Waals surface area (Å²) in [4.78, 5) is 4.39. The fourth-order valence-corrected chi connectivity index (χ4v) is 2.72. The van der Waals surface area contributed by atoms with E-state index in [2.05, 4.69) is 28.5 Å². The van der Waals surface area contributed by atoms with Crippen molar-refractivity contribution in [2.45, 2.75) is 44.9 Å². The first-order chi connectivity index (χ1) is 10.4. The Balaban J connectivity index is 1.39. The van der Waals surface area contributed by atoms with E-state index in [9.17, 15) is 0 Å². The fourth-order valence-electron chi connectivity index (χ4n) is 2.72. The first kappa shape index (κ1) is 13.0. The molecular weight excluding hydrogens is 264 g/mol. The predicted molar refractivity (Wildman–Crippen MR) is 79.8 cm³/mol. The molecule has 1 N–H and O–H groups in total. The minimum Gasteiger partial charge on any atom is -0.441 e. The van der Waals surface area contributed by atoms with Gasteiger partial charge in [-0.3, -0.25) is 0 Å². The maximum atomic E-state index is 5.87. The lowest BCUT2D eigenvalue weighted by Gasteiger charge is -2.01. The van der Waals surface area contributed by atoms with Crippen LogP contribution < -0.4 is 5.32 Å². The highest BCUT2D eigenvalue weighted by Gasteiger charge is 2.19. The molecule has 1 aromatic heterocycles. The number of aryl methyl sites for hydroxylation is 1. The number of benzene rings is 1. The van der Waals surface area contributed by atoms with Crippen molar-refractivity contribution in [3.63, 3.8) is 0 Å². The molecule has 4 rings (SSSR count). The molecule has 1 saturated carbocycles. The molecule has 21 heavy (non-hydrogen) atoms. The van der Waals surface area contributed by atoms with Crippen LogP contribution in [-0.4, -0.2) is 17.6 Å². The Kier molecular flexibility index (Phi) is 3.49. The summed E-state index contributed by atoms with van der Waals surface area (Å²) in [7, 11) is 0. The number of nitrogens with one attached hydrogen (secondary N) is 1. The summed E-state index contributed by atoms with van der Waals surface area (Å²) in [6.45, 7) is 2.49. The molecule has 4 heteroatoms. The zero-order chi connectivity index (χ0) is 14.1. The molecule has 4 nitrogen and oxygen atoms in total. The molecule has 0 radical (unpaired) electrons. The second-order valence-electron chi connectivity index (χ2n) is 5.93. The Labute approximate surface area is 124 Å². The Morgan fingerprint density at radius 1 is 1.19 bits per heavy atom. The van der Waals surface area contributed by atoms with E-state index < -0.39 is 0 Å². The van der Waals surface area contributed by atoms with Crippen molar-refractivity contribution in [1.29, 1.82) is 0 Å². The van der Waals surface area contributed by atoms with Crippen LogP contribution in [0, 0.1) is 0 Å². The van der Waals surface area contributed by atoms with Crippen LogP contribution in [0.4, 0.5) is 0 Å². The van der Waals surface area contributed by atoms with Gasteiger partial charge in [-0.25, -0.2) is 4.98 Å². The van der Waals surface area contributed by atoms with E-state index >= 15 is 0 Å². The van der Waals surface area contributed by atoms with Gasteiger partial charge in [-0.15, -0.1) is 0 Å². The number of aromatic nitrogens is 1. The van der Waals surface area contributed by atoms with Crippen LogP contribution in [0.15, 0.2) is 28.8 Å². The van der Waals surface area contributed by atoms with Gasteiger partial charge in [-0.05, 0) is 43.0 Å². The van der Waals surface area contributed by atoms with Gasteiger partial charge in [0.1, 0.15) is 0 Å². The van der Waals surface area contributed by atoms with E-state index in [1.54, 1.807) is 0 Å². The second kappa shape index (κ2) is 5.62. The Morgan fingerprint density at radius 2 is 2.10 bits per heavy atom. The summed E-state index contributed by atoms with van der Waals surface area (Å²) >= 11 is 0. The monoisotopic (exact) mass is 284 g/mol. The summed E-state index contributed by atoms with van der Waals surface area (Å²) in [6, 6.07) is 7.14. The van der Waals surface area contributed by atoms with Crippen LogP contribution in [0.5, 0.6) is 0 Å². The third kappa shape index (κ3) is 3.01. The van der Waals surface area contributed by atoms with E-state index in [-0.39, 0.29) is 0 Å². The molecule has 0 atom stereocenters. The van der Waals surface area contributed by atoms with E-state index in [4.69, 9.17) is 9.15 Å². The lowest BCUT2D eigenvalue weighted by molar-refractivity contribution is 0.134. The van der Waals surface area contributed by atoms with E-state index in [1.807, 2.05) is 6.20 Å². The van der Waals surface area contributed by atoms with E-state index in [0.29, 0.717) is 6.61 Å². The van der Waals surface area contributed by atoms with Crippen LogP contribution in [0.2, 0.25) is 0 Å². The van der Waals surface area contributed by atoms with Crippen molar-refractivity contribution in [2.75, 3.05) is 6.54 Å². The van der Waals surface area contributed by atoms with Gasteiger partial charge < -0.3 is 14.5 Å². The number of hydrogen-bond acceptors (Lipinski definition) is 4. The van der Waals surface area contributed by atoms with Crippen LogP contribution in [-0.2, 0) is 24.4 Å². The molecule has 0 spiro atoms. The van der Waals surface area contributed by atoms with Crippen LogP contribution in [0.3, 0.4) is 0 Å². The zero-order valence-electron chi connectivity index (χ0n) is 12.1. The van der Waals surface area contributed by atoms with Gasteiger partial charge >= 0.3 is 0 Å². The van der Waals surface area contributed by atoms with E-state index in [1.165, 1.54) is 24.0 Å². The molecule has 0 bridgehead atoms. The van der Waals surface area contributed by atoms with Crippen molar-refractivity contribution >= 4 is 0 Å². The molecule has 110 valence electrons. The van der Waals surface area contributed by atoms with Gasteiger partial charge in [0, 0.05) is 18.0 Å². The lowest BCUT2D eigenvalue weighted by atomic mass is 10.1. The molecule has 1 aliphatic carbocycles. The molecule has 1 aliphatic heterocycles. The third-order valence-corrected chi connectivity index (χ3v) is 4.14. The normalized spacial score (nSPS) is 17.1. The molecule has 0 amide bonds. The van der Waals surface area contributed by atoms with Gasteiger partial charge in [0.25, 0.3) is 0 Å². The SMILES string of the molecule is c1cc2c(cc1-c1cnc(CCCNC3CC3)o1)COC2. The Hall–Kier alpha value is -1.65. The quantitative estimate of drug-likeness (QED) is 0.828. The van der Waals surface area contributed by atoms with Gasteiger partial charge in [-0.1, -0.05) is 12.1 Å². The summed E-state index contributed by atoms with van der Waals surface area (Å²) < 4.78 is 11.3. The Bertz CT molecular complexity index is 631. The average molecular weight is 284 g/mol. The van der Waals surface area contributed by atoms with Crippen molar-refractivity contribution in [1.82, 2.24) is 10.3 Å². The van der Waals surface area contributed by atoms with Crippen LogP contribution in [0.25, 0.3) is 11.3 Å². The summed E-state index contributed by atoms with van der Waals surface area (Å²) in [6.07, 6.45) is 6.49. The van der Waals surface area contributed by atoms with Gasteiger partial charge in [0.05, 0.1) is 19.4 Å². The zero-order valence-corrected chi connectivity index (χ0v) is 12.1. The van der Waals surface area contributed by atoms with Crippen molar-refractivity contribution in [3.05, 3.63) is 41.4 Å². The first-order valence-electron chi connectivity index (χ1n) is 7.76. The predicted octanol–water partition coefficient (Wildman–Crippen LogP) is 3.06. The first-order valence-corrected chi connectivity index (χ1v) is 7.76. The topological polar surface area (TPSA) is 47.3 Å². The fraction of sp³-hybridized carbons (Fsp3) is 0.471. The standard InChI is InChI=1S/C17H20N2O2/c1(7-18-15-5-6-15)2-17-19-9-16(21-17)12-3-4-13-10-20-11-14(13)8-12/h3-4,8-9,15,18H,1-2,5-7,10-11H2. The van der Waals surface area contributed by atoms with Crippen LogP contribution in [0.1, 0.15) is 36.3 Å². The minimum absolute atomic E-state index is 0.705. The summed E-state index contributed by atoms with van der Waals surface area (Å²) in [5.41, 5.74) is 3.64. The molecule has 1 aromatic carbocycles. The van der Waals surface area contributed by atoms with Crippen molar-refractivity contribution in [2.24, 2.45) is 0 Å². The van der Waals surface area contributed by atoms with Crippen LogP contribution >= 0.6 is 0 Å². The highest BCUT2D eigenvalue weighted by Crippen LogP contribution is 2.27. The molecule has 0 saturated heterocycles. The maximum absolute atomic E-state index is 5.87. The lowest BCUT2D eigenvalue weighted by Crippen LogP contribution is -2.17. The number of fused-ring (bicyclic) bond motifs is 1. The number of oxazole rings is 1. The summed E-state index contributed by atoms with van der Waals surface area (Å²) in [5, 5.41) is 3.51.